The van der Waals surface area contributed by atoms with Crippen molar-refractivity contribution in [1.29, 1.82) is 5.26 Å². The molecule has 7 nitrogen and oxygen atoms in total. The summed E-state index contributed by atoms with van der Waals surface area (Å²) in [5.74, 6) is 0.184. The first-order valence-corrected chi connectivity index (χ1v) is 14.5. The maximum atomic E-state index is 13.9. The van der Waals surface area contributed by atoms with E-state index in [1.54, 1.807) is 25.3 Å². The maximum absolute atomic E-state index is 13.9. The molecule has 204 valence electrons. The molecule has 0 radical (unpaired) electrons. The van der Waals surface area contributed by atoms with Crippen LogP contribution >= 0.6 is 11.3 Å². The molecule has 0 unspecified atom stereocenters. The molecule has 1 aliphatic rings. The summed E-state index contributed by atoms with van der Waals surface area (Å²) >= 11 is 1.47. The number of imidazole rings is 1. The Morgan fingerprint density at radius 3 is 2.40 bits per heavy atom. The zero-order valence-corrected chi connectivity index (χ0v) is 23.7. The number of carbonyl (C=O) groups excluding carboxylic acids is 2. The molecular weight excluding hydrogens is 518 g/mol. The molecule has 1 saturated carbocycles. The van der Waals surface area contributed by atoms with Crippen molar-refractivity contribution in [2.75, 3.05) is 19.0 Å². The van der Waals surface area contributed by atoms with Gasteiger partial charge in [-0.2, -0.15) is 5.26 Å². The van der Waals surface area contributed by atoms with Crippen molar-refractivity contribution in [3.8, 4) is 16.5 Å². The molecule has 40 heavy (non-hydrogen) atoms. The van der Waals surface area contributed by atoms with Gasteiger partial charge in [-0.1, -0.05) is 43.5 Å². The summed E-state index contributed by atoms with van der Waals surface area (Å²) in [6.07, 6.45) is 8.84. The van der Waals surface area contributed by atoms with E-state index in [0.717, 1.165) is 53.1 Å². The van der Waals surface area contributed by atoms with Crippen LogP contribution < -0.4 is 4.90 Å². The minimum absolute atomic E-state index is 0.00487. The van der Waals surface area contributed by atoms with Gasteiger partial charge in [0.05, 0.1) is 35.1 Å². The molecule has 0 aliphatic heterocycles. The third-order valence-corrected chi connectivity index (χ3v) is 8.58. The van der Waals surface area contributed by atoms with Gasteiger partial charge in [0.1, 0.15) is 0 Å². The van der Waals surface area contributed by atoms with Gasteiger partial charge in [-0.25, -0.2) is 4.98 Å². The van der Waals surface area contributed by atoms with Crippen LogP contribution in [0.25, 0.3) is 10.4 Å². The lowest BCUT2D eigenvalue weighted by Crippen LogP contribution is -2.37. The fraction of sp³-hybridized carbons (Fsp3) is 0.312. The number of carbonyl (C=O) groups is 2. The van der Waals surface area contributed by atoms with Crippen molar-refractivity contribution in [3.05, 3.63) is 94.9 Å². The monoisotopic (exact) mass is 551 g/mol. The van der Waals surface area contributed by atoms with Crippen LogP contribution in [0, 0.1) is 17.2 Å². The molecule has 2 aromatic heterocycles. The highest BCUT2D eigenvalue weighted by atomic mass is 32.1. The summed E-state index contributed by atoms with van der Waals surface area (Å²) in [7, 11) is 3.51. The lowest BCUT2D eigenvalue weighted by atomic mass is 9.88. The van der Waals surface area contributed by atoms with Crippen molar-refractivity contribution in [1.82, 2.24) is 14.5 Å². The van der Waals surface area contributed by atoms with Crippen molar-refractivity contribution < 1.29 is 9.59 Å². The van der Waals surface area contributed by atoms with Gasteiger partial charge < -0.3 is 14.4 Å². The number of anilines is 1. The van der Waals surface area contributed by atoms with Crippen molar-refractivity contribution >= 4 is 28.8 Å². The summed E-state index contributed by atoms with van der Waals surface area (Å²) in [6, 6.07) is 21.6. The van der Waals surface area contributed by atoms with Gasteiger partial charge >= 0.3 is 0 Å². The van der Waals surface area contributed by atoms with Crippen LogP contribution in [-0.2, 0) is 17.9 Å². The Morgan fingerprint density at radius 2 is 1.73 bits per heavy atom. The average molecular weight is 552 g/mol. The second-order valence-electron chi connectivity index (χ2n) is 10.5. The molecular formula is C32H33N5O2S. The van der Waals surface area contributed by atoms with E-state index in [2.05, 4.69) is 15.6 Å². The first kappa shape index (κ1) is 27.4. The number of nitriles is 1. The van der Waals surface area contributed by atoms with Gasteiger partial charge in [0.15, 0.2) is 0 Å². The van der Waals surface area contributed by atoms with E-state index in [1.165, 1.54) is 17.8 Å². The molecule has 0 N–H and O–H groups in total. The maximum Gasteiger partial charge on any atom is 0.263 e. The smallest absolute Gasteiger partial charge is 0.263 e. The minimum Gasteiger partial charge on any atom is -0.344 e. The van der Waals surface area contributed by atoms with Gasteiger partial charge in [0.2, 0.25) is 5.91 Å². The van der Waals surface area contributed by atoms with Crippen LogP contribution in [0.2, 0.25) is 0 Å². The van der Waals surface area contributed by atoms with E-state index in [9.17, 15) is 9.59 Å². The highest BCUT2D eigenvalue weighted by Gasteiger charge is 2.28. The third kappa shape index (κ3) is 6.16. The molecule has 8 heteroatoms. The topological polar surface area (TPSA) is 82.2 Å². The van der Waals surface area contributed by atoms with Gasteiger partial charge in [0.25, 0.3) is 5.91 Å². The van der Waals surface area contributed by atoms with E-state index in [0.29, 0.717) is 23.5 Å². The summed E-state index contributed by atoms with van der Waals surface area (Å²) in [5.41, 5.74) is 4.51. The Hall–Kier alpha value is -4.22. The van der Waals surface area contributed by atoms with Crippen LogP contribution in [-0.4, -0.2) is 40.4 Å². The van der Waals surface area contributed by atoms with Crippen LogP contribution in [0.3, 0.4) is 0 Å². The predicted octanol–water partition coefficient (Wildman–Crippen LogP) is 6.35. The third-order valence-electron chi connectivity index (χ3n) is 7.46. The second kappa shape index (κ2) is 12.3. The van der Waals surface area contributed by atoms with E-state index in [4.69, 9.17) is 5.26 Å². The Bertz CT molecular complexity index is 1510. The molecule has 0 spiro atoms. The zero-order chi connectivity index (χ0) is 28.1. The Morgan fingerprint density at radius 1 is 1.00 bits per heavy atom. The summed E-state index contributed by atoms with van der Waals surface area (Å²) in [5, 5.41) is 9.10. The van der Waals surface area contributed by atoms with E-state index in [1.807, 2.05) is 71.8 Å². The number of rotatable bonds is 8. The van der Waals surface area contributed by atoms with Crippen LogP contribution in [0.15, 0.2) is 73.2 Å². The number of amides is 2. The molecule has 0 bridgehead atoms. The van der Waals surface area contributed by atoms with E-state index < -0.39 is 0 Å². The van der Waals surface area contributed by atoms with Crippen molar-refractivity contribution in [2.45, 2.75) is 45.2 Å². The minimum atomic E-state index is -0.00487. The molecule has 2 heterocycles. The van der Waals surface area contributed by atoms with E-state index >= 15 is 0 Å². The fourth-order valence-corrected chi connectivity index (χ4v) is 6.20. The van der Waals surface area contributed by atoms with Crippen LogP contribution in [0.4, 0.5) is 5.69 Å². The van der Waals surface area contributed by atoms with E-state index in [-0.39, 0.29) is 17.7 Å². The Balaban J connectivity index is 1.40. The number of aromatic nitrogens is 2. The van der Waals surface area contributed by atoms with Crippen molar-refractivity contribution in [2.24, 2.45) is 5.92 Å². The highest BCUT2D eigenvalue weighted by molar-refractivity contribution is 7.17. The predicted molar refractivity (Wildman–Crippen MR) is 158 cm³/mol. The van der Waals surface area contributed by atoms with Crippen molar-refractivity contribution in [3.63, 3.8) is 0 Å². The molecule has 1 fully saturated rings. The SMILES string of the molecule is CN(C)C(=O)c1ccc(-c2ccc(N(Cc3cncn3Cc3ccc(C#N)cc3)C(=O)C3CCCCC3)cc2)s1. The normalized spacial score (nSPS) is 13.5. The fourth-order valence-electron chi connectivity index (χ4n) is 5.17. The summed E-state index contributed by atoms with van der Waals surface area (Å²) in [4.78, 5) is 35.8. The first-order chi connectivity index (χ1) is 19.4. The lowest BCUT2D eigenvalue weighted by Gasteiger charge is -2.30. The average Bonchev–Trinajstić information content (AvgIpc) is 3.66. The molecule has 0 saturated heterocycles. The van der Waals surface area contributed by atoms with Crippen LogP contribution in [0.1, 0.15) is 58.6 Å². The second-order valence-corrected chi connectivity index (χ2v) is 11.6. The highest BCUT2D eigenvalue weighted by Crippen LogP contribution is 2.32. The summed E-state index contributed by atoms with van der Waals surface area (Å²) < 4.78 is 2.06. The number of benzene rings is 2. The van der Waals surface area contributed by atoms with Crippen LogP contribution in [0.5, 0.6) is 0 Å². The standard InChI is InChI=1S/C32H33N5O2S/c1-35(2)32(39)30-17-16-29(40-30)25-12-14-27(15-13-25)37(31(38)26-6-4-3-5-7-26)21-28-19-34-22-36(28)20-24-10-8-23(18-33)9-11-24/h8-17,19,22,26H,3-7,20-21H2,1-2H3. The first-order valence-electron chi connectivity index (χ1n) is 13.6. The van der Waals surface area contributed by atoms with Gasteiger partial charge in [0, 0.05) is 43.3 Å². The number of hydrogen-bond donors (Lipinski definition) is 0. The van der Waals surface area contributed by atoms with Gasteiger partial charge in [-0.05, 0) is 60.4 Å². The van der Waals surface area contributed by atoms with Gasteiger partial charge in [-0.15, -0.1) is 11.3 Å². The number of thiophene rings is 1. The van der Waals surface area contributed by atoms with Gasteiger partial charge in [-0.3, -0.25) is 9.59 Å². The number of hydrogen-bond acceptors (Lipinski definition) is 5. The summed E-state index contributed by atoms with van der Waals surface area (Å²) in [6.45, 7) is 1.03. The molecule has 2 aromatic carbocycles. The molecule has 1 aliphatic carbocycles. The largest absolute Gasteiger partial charge is 0.344 e. The lowest BCUT2D eigenvalue weighted by molar-refractivity contribution is -0.123. The number of nitrogens with zero attached hydrogens (tertiary/aromatic N) is 5. The molecule has 4 aromatic rings. The quantitative estimate of drug-likeness (QED) is 0.256. The molecule has 5 rings (SSSR count). The Labute approximate surface area is 239 Å². The molecule has 0 atom stereocenters. The Kier molecular flexibility index (Phi) is 8.42. The zero-order valence-electron chi connectivity index (χ0n) is 22.9. The molecule has 2 amide bonds.